The van der Waals surface area contributed by atoms with E-state index in [1.54, 1.807) is 35.2 Å². The number of carbonyl (C=O) groups is 1. The van der Waals surface area contributed by atoms with Gasteiger partial charge in [-0.15, -0.1) is 0 Å². The number of anilines is 2. The van der Waals surface area contributed by atoms with Gasteiger partial charge in [0.15, 0.2) is 0 Å². The van der Waals surface area contributed by atoms with E-state index < -0.39 is 0 Å². The van der Waals surface area contributed by atoms with Crippen molar-refractivity contribution in [2.45, 2.75) is 13.5 Å². The predicted molar refractivity (Wildman–Crippen MR) is 74.1 cm³/mol. The summed E-state index contributed by atoms with van der Waals surface area (Å²) < 4.78 is 12.9. The van der Waals surface area contributed by atoms with E-state index in [0.29, 0.717) is 12.2 Å². The third kappa shape index (κ3) is 3.31. The first-order chi connectivity index (χ1) is 9.06. The molecule has 0 aliphatic heterocycles. The minimum Gasteiger partial charge on any atom is -0.399 e. The van der Waals surface area contributed by atoms with Crippen molar-refractivity contribution in [2.24, 2.45) is 0 Å². The molecular weight excluding hydrogens is 243 g/mol. The van der Waals surface area contributed by atoms with Gasteiger partial charge in [-0.25, -0.2) is 4.39 Å². The molecule has 0 fully saturated rings. The van der Waals surface area contributed by atoms with Crippen LogP contribution in [0.25, 0.3) is 0 Å². The molecule has 2 aromatic rings. The molecule has 0 bridgehead atoms. The first-order valence-corrected chi connectivity index (χ1v) is 5.94. The van der Waals surface area contributed by atoms with Gasteiger partial charge in [0.05, 0.1) is 6.54 Å². The molecule has 2 aromatic carbocycles. The number of nitrogen functional groups attached to an aromatic ring is 1. The molecule has 98 valence electrons. The van der Waals surface area contributed by atoms with Crippen molar-refractivity contribution in [2.75, 3.05) is 10.6 Å². The van der Waals surface area contributed by atoms with Crippen LogP contribution in [0.3, 0.4) is 0 Å². The van der Waals surface area contributed by atoms with Crippen LogP contribution in [0.2, 0.25) is 0 Å². The van der Waals surface area contributed by atoms with Gasteiger partial charge in [0.2, 0.25) is 5.91 Å². The second kappa shape index (κ2) is 5.52. The van der Waals surface area contributed by atoms with Gasteiger partial charge >= 0.3 is 0 Å². The molecule has 1 amide bonds. The van der Waals surface area contributed by atoms with Crippen LogP contribution in [0.15, 0.2) is 48.5 Å². The van der Waals surface area contributed by atoms with E-state index in [2.05, 4.69) is 0 Å². The fraction of sp³-hybridized carbons (Fsp3) is 0.133. The first-order valence-electron chi connectivity index (χ1n) is 5.94. The van der Waals surface area contributed by atoms with Gasteiger partial charge in [-0.05, 0) is 35.9 Å². The van der Waals surface area contributed by atoms with Gasteiger partial charge < -0.3 is 10.6 Å². The van der Waals surface area contributed by atoms with Gasteiger partial charge in [0, 0.05) is 18.3 Å². The molecule has 0 aliphatic carbocycles. The minimum absolute atomic E-state index is 0.0880. The van der Waals surface area contributed by atoms with E-state index in [1.807, 2.05) is 6.07 Å². The number of amides is 1. The highest BCUT2D eigenvalue weighted by Crippen LogP contribution is 2.20. The molecule has 2 N–H and O–H groups in total. The van der Waals surface area contributed by atoms with Gasteiger partial charge in [-0.3, -0.25) is 4.79 Å². The zero-order chi connectivity index (χ0) is 13.8. The Labute approximate surface area is 111 Å². The Morgan fingerprint density at radius 1 is 1.21 bits per heavy atom. The molecule has 4 heteroatoms. The molecule has 2 rings (SSSR count). The lowest BCUT2D eigenvalue weighted by Crippen LogP contribution is -2.27. The molecule has 0 saturated heterocycles. The van der Waals surface area contributed by atoms with Crippen LogP contribution in [0.4, 0.5) is 15.8 Å². The van der Waals surface area contributed by atoms with Crippen LogP contribution < -0.4 is 10.6 Å². The quantitative estimate of drug-likeness (QED) is 0.860. The highest BCUT2D eigenvalue weighted by molar-refractivity contribution is 5.91. The number of carbonyl (C=O) groups excluding carboxylic acids is 1. The maximum atomic E-state index is 12.9. The summed E-state index contributed by atoms with van der Waals surface area (Å²) in [5, 5.41) is 0. The van der Waals surface area contributed by atoms with Crippen molar-refractivity contribution in [1.82, 2.24) is 0 Å². The Morgan fingerprint density at radius 2 is 1.89 bits per heavy atom. The number of rotatable bonds is 3. The highest BCUT2D eigenvalue weighted by atomic mass is 19.1. The topological polar surface area (TPSA) is 46.3 Å². The van der Waals surface area contributed by atoms with Crippen molar-refractivity contribution in [3.05, 3.63) is 59.9 Å². The minimum atomic E-state index is -0.290. The average Bonchev–Trinajstić information content (AvgIpc) is 2.37. The maximum absolute atomic E-state index is 12.9. The maximum Gasteiger partial charge on any atom is 0.224 e. The van der Waals surface area contributed by atoms with Crippen LogP contribution >= 0.6 is 0 Å². The summed E-state index contributed by atoms with van der Waals surface area (Å²) in [6, 6.07) is 13.2. The molecule has 0 saturated carbocycles. The molecular formula is C15H15FN2O. The van der Waals surface area contributed by atoms with Gasteiger partial charge in [0.1, 0.15) is 5.82 Å². The monoisotopic (exact) mass is 258 g/mol. The number of nitrogens with zero attached hydrogens (tertiary/aromatic N) is 1. The van der Waals surface area contributed by atoms with E-state index >= 15 is 0 Å². The summed E-state index contributed by atoms with van der Waals surface area (Å²) in [5.74, 6) is -0.378. The molecule has 0 heterocycles. The normalized spacial score (nSPS) is 10.2. The SMILES string of the molecule is CC(=O)N(Cc1ccc(F)cc1)c1cccc(N)c1. The number of benzene rings is 2. The summed E-state index contributed by atoms with van der Waals surface area (Å²) in [4.78, 5) is 13.3. The van der Waals surface area contributed by atoms with Crippen molar-refractivity contribution in [3.8, 4) is 0 Å². The van der Waals surface area contributed by atoms with Crippen LogP contribution in [-0.2, 0) is 11.3 Å². The molecule has 0 atom stereocenters. The lowest BCUT2D eigenvalue weighted by Gasteiger charge is -2.21. The Balaban J connectivity index is 2.26. The van der Waals surface area contributed by atoms with Crippen molar-refractivity contribution >= 4 is 17.3 Å². The van der Waals surface area contributed by atoms with E-state index in [4.69, 9.17) is 5.73 Å². The third-order valence-electron chi connectivity index (χ3n) is 2.82. The van der Waals surface area contributed by atoms with E-state index in [-0.39, 0.29) is 11.7 Å². The lowest BCUT2D eigenvalue weighted by atomic mass is 10.2. The number of hydrogen-bond donors (Lipinski definition) is 1. The molecule has 3 nitrogen and oxygen atoms in total. The van der Waals surface area contributed by atoms with E-state index in [1.165, 1.54) is 19.1 Å². The van der Waals surface area contributed by atoms with E-state index in [9.17, 15) is 9.18 Å². The van der Waals surface area contributed by atoms with Crippen LogP contribution in [-0.4, -0.2) is 5.91 Å². The van der Waals surface area contributed by atoms with Gasteiger partial charge in [0.25, 0.3) is 0 Å². The molecule has 0 aliphatic rings. The summed E-state index contributed by atoms with van der Waals surface area (Å²) in [6.45, 7) is 1.88. The van der Waals surface area contributed by atoms with E-state index in [0.717, 1.165) is 11.3 Å². The largest absolute Gasteiger partial charge is 0.399 e. The second-order valence-corrected chi connectivity index (χ2v) is 4.33. The summed E-state index contributed by atoms with van der Waals surface area (Å²) in [5.41, 5.74) is 7.92. The summed E-state index contributed by atoms with van der Waals surface area (Å²) in [6.07, 6.45) is 0. The Hall–Kier alpha value is -2.36. The molecule has 19 heavy (non-hydrogen) atoms. The molecule has 0 spiro atoms. The first kappa shape index (κ1) is 13.1. The fourth-order valence-corrected chi connectivity index (χ4v) is 1.85. The van der Waals surface area contributed by atoms with Crippen LogP contribution in [0.1, 0.15) is 12.5 Å². The predicted octanol–water partition coefficient (Wildman–Crippen LogP) is 2.96. The number of hydrogen-bond acceptors (Lipinski definition) is 2. The Kier molecular flexibility index (Phi) is 3.80. The average molecular weight is 258 g/mol. The fourth-order valence-electron chi connectivity index (χ4n) is 1.85. The summed E-state index contributed by atoms with van der Waals surface area (Å²) in [7, 11) is 0. The highest BCUT2D eigenvalue weighted by Gasteiger charge is 2.12. The Bertz CT molecular complexity index is 581. The number of nitrogens with two attached hydrogens (primary N) is 1. The molecule has 0 unspecified atom stereocenters. The van der Waals surface area contributed by atoms with Crippen molar-refractivity contribution in [1.29, 1.82) is 0 Å². The number of halogens is 1. The standard InChI is InChI=1S/C15H15FN2O/c1-11(19)18(15-4-2-3-14(17)9-15)10-12-5-7-13(16)8-6-12/h2-9H,10,17H2,1H3. The zero-order valence-corrected chi connectivity index (χ0v) is 10.6. The van der Waals surface area contributed by atoms with Crippen LogP contribution in [0.5, 0.6) is 0 Å². The van der Waals surface area contributed by atoms with Crippen LogP contribution in [0, 0.1) is 5.82 Å². The lowest BCUT2D eigenvalue weighted by molar-refractivity contribution is -0.116. The zero-order valence-electron chi connectivity index (χ0n) is 10.6. The third-order valence-corrected chi connectivity index (χ3v) is 2.82. The van der Waals surface area contributed by atoms with Crippen molar-refractivity contribution in [3.63, 3.8) is 0 Å². The smallest absolute Gasteiger partial charge is 0.224 e. The van der Waals surface area contributed by atoms with Gasteiger partial charge in [-0.2, -0.15) is 0 Å². The summed E-state index contributed by atoms with van der Waals surface area (Å²) >= 11 is 0. The Morgan fingerprint density at radius 3 is 2.47 bits per heavy atom. The second-order valence-electron chi connectivity index (χ2n) is 4.33. The van der Waals surface area contributed by atoms with Gasteiger partial charge in [-0.1, -0.05) is 18.2 Å². The van der Waals surface area contributed by atoms with Crippen molar-refractivity contribution < 1.29 is 9.18 Å². The molecule has 0 radical (unpaired) electrons. The molecule has 0 aromatic heterocycles.